The molecule has 0 bridgehead atoms. The molecular weight excluding hydrogens is 346 g/mol. The van der Waals surface area contributed by atoms with Crippen LogP contribution in [0.4, 0.5) is 0 Å². The lowest BCUT2D eigenvalue weighted by Crippen LogP contribution is -2.19. The van der Waals surface area contributed by atoms with Crippen molar-refractivity contribution in [3.05, 3.63) is 75.5 Å². The topological polar surface area (TPSA) is 47.8 Å². The first-order valence-electron chi connectivity index (χ1n) is 8.40. The van der Waals surface area contributed by atoms with E-state index in [0.29, 0.717) is 16.6 Å². The van der Waals surface area contributed by atoms with Crippen molar-refractivity contribution in [2.75, 3.05) is 6.61 Å². The van der Waals surface area contributed by atoms with Gasteiger partial charge in [0.1, 0.15) is 0 Å². The number of ether oxygens (including phenoxy) is 1. The molecule has 0 saturated heterocycles. The third kappa shape index (κ3) is 2.61. The molecule has 5 heteroatoms. The summed E-state index contributed by atoms with van der Waals surface area (Å²) < 4.78 is 7.72. The van der Waals surface area contributed by atoms with Gasteiger partial charge in [-0.05, 0) is 48.4 Å². The minimum atomic E-state index is -0.417. The molecule has 0 unspecified atom stereocenters. The molecule has 0 N–H and O–H groups in total. The van der Waals surface area contributed by atoms with Crippen LogP contribution in [0.25, 0.3) is 26.7 Å². The third-order valence-electron chi connectivity index (χ3n) is 4.41. The molecular formula is C21H17NO3S. The van der Waals surface area contributed by atoms with Crippen molar-refractivity contribution in [3.63, 3.8) is 0 Å². The second-order valence-electron chi connectivity index (χ2n) is 6.10. The molecule has 1 aromatic carbocycles. The number of aryl methyl sites for hydroxylation is 1. The van der Waals surface area contributed by atoms with Gasteiger partial charge in [-0.3, -0.25) is 9.20 Å². The molecule has 0 radical (unpaired) electrons. The van der Waals surface area contributed by atoms with Crippen molar-refractivity contribution >= 4 is 32.9 Å². The summed E-state index contributed by atoms with van der Waals surface area (Å²) in [6, 6.07) is 13.3. The van der Waals surface area contributed by atoms with Crippen LogP contribution >= 0.6 is 11.3 Å². The summed E-state index contributed by atoms with van der Waals surface area (Å²) in [7, 11) is 0. The van der Waals surface area contributed by atoms with Gasteiger partial charge in [-0.15, -0.1) is 11.3 Å². The molecule has 4 nitrogen and oxygen atoms in total. The quantitative estimate of drug-likeness (QED) is 0.497. The number of nitrogens with zero attached hydrogens (tertiary/aromatic N) is 1. The van der Waals surface area contributed by atoms with E-state index in [2.05, 4.69) is 0 Å². The SMILES string of the molecule is CCOC(=O)c1cc(-c2ccc(C)cc2)c(=O)n2ccc3ccsc3c12. The van der Waals surface area contributed by atoms with E-state index >= 15 is 0 Å². The van der Waals surface area contributed by atoms with E-state index in [-0.39, 0.29) is 12.2 Å². The molecule has 0 amide bonds. The molecule has 0 aliphatic heterocycles. The van der Waals surface area contributed by atoms with E-state index in [9.17, 15) is 9.59 Å². The highest BCUT2D eigenvalue weighted by molar-refractivity contribution is 7.18. The fourth-order valence-corrected chi connectivity index (χ4v) is 4.05. The summed E-state index contributed by atoms with van der Waals surface area (Å²) in [5.41, 5.74) is 3.26. The van der Waals surface area contributed by atoms with E-state index in [1.165, 1.54) is 11.3 Å². The Morgan fingerprint density at radius 2 is 1.92 bits per heavy atom. The molecule has 4 rings (SSSR count). The highest BCUT2D eigenvalue weighted by atomic mass is 32.1. The summed E-state index contributed by atoms with van der Waals surface area (Å²) in [5.74, 6) is -0.417. The molecule has 0 spiro atoms. The van der Waals surface area contributed by atoms with Crippen LogP contribution in [0.2, 0.25) is 0 Å². The van der Waals surface area contributed by atoms with Crippen LogP contribution in [0.15, 0.2) is 58.8 Å². The van der Waals surface area contributed by atoms with Gasteiger partial charge in [-0.25, -0.2) is 4.79 Å². The average Bonchev–Trinajstić information content (AvgIpc) is 3.12. The Bertz CT molecular complexity index is 1190. The Morgan fingerprint density at radius 3 is 2.65 bits per heavy atom. The number of carbonyl (C=O) groups is 1. The summed E-state index contributed by atoms with van der Waals surface area (Å²) in [6.07, 6.45) is 1.73. The molecule has 130 valence electrons. The second kappa shape index (κ2) is 6.42. The Labute approximate surface area is 154 Å². The van der Waals surface area contributed by atoms with Gasteiger partial charge in [-0.1, -0.05) is 29.8 Å². The molecule has 3 aromatic heterocycles. The normalized spacial score (nSPS) is 11.2. The average molecular weight is 363 g/mol. The fraction of sp³-hybridized carbons (Fsp3) is 0.143. The van der Waals surface area contributed by atoms with Gasteiger partial charge < -0.3 is 4.74 Å². The van der Waals surface area contributed by atoms with Crippen LogP contribution in [-0.2, 0) is 4.74 Å². The van der Waals surface area contributed by atoms with Gasteiger partial charge >= 0.3 is 5.97 Å². The van der Waals surface area contributed by atoms with Crippen LogP contribution in [0.5, 0.6) is 0 Å². The van der Waals surface area contributed by atoms with Crippen LogP contribution in [0.3, 0.4) is 0 Å². The molecule has 0 atom stereocenters. The van der Waals surface area contributed by atoms with Gasteiger partial charge in [0, 0.05) is 11.8 Å². The minimum absolute atomic E-state index is 0.146. The zero-order valence-electron chi connectivity index (χ0n) is 14.5. The van der Waals surface area contributed by atoms with Crippen molar-refractivity contribution in [1.29, 1.82) is 0 Å². The van der Waals surface area contributed by atoms with Crippen LogP contribution < -0.4 is 5.56 Å². The Balaban J connectivity index is 2.11. The Morgan fingerprint density at radius 1 is 1.15 bits per heavy atom. The second-order valence-corrected chi connectivity index (χ2v) is 7.02. The predicted molar refractivity (Wildman–Crippen MR) is 105 cm³/mol. The highest BCUT2D eigenvalue weighted by Crippen LogP contribution is 2.29. The smallest absolute Gasteiger partial charge is 0.340 e. The number of esters is 1. The molecule has 26 heavy (non-hydrogen) atoms. The maximum atomic E-state index is 13.1. The number of carbonyl (C=O) groups excluding carboxylic acids is 1. The number of fused-ring (bicyclic) bond motifs is 3. The zero-order valence-corrected chi connectivity index (χ0v) is 15.3. The summed E-state index contributed by atoms with van der Waals surface area (Å²) >= 11 is 1.51. The van der Waals surface area contributed by atoms with E-state index in [1.807, 2.05) is 48.7 Å². The summed E-state index contributed by atoms with van der Waals surface area (Å²) in [4.78, 5) is 25.8. The van der Waals surface area contributed by atoms with Crippen molar-refractivity contribution in [3.8, 4) is 11.1 Å². The zero-order chi connectivity index (χ0) is 18.3. The number of thiophene rings is 1. The lowest BCUT2D eigenvalue weighted by atomic mass is 10.0. The predicted octanol–water partition coefficient (Wildman–Crippen LogP) is 4.67. The highest BCUT2D eigenvalue weighted by Gasteiger charge is 2.19. The number of benzene rings is 1. The Hall–Kier alpha value is -2.92. The molecule has 4 aromatic rings. The van der Waals surface area contributed by atoms with Crippen molar-refractivity contribution in [2.45, 2.75) is 13.8 Å². The third-order valence-corrected chi connectivity index (χ3v) is 5.34. The first-order chi connectivity index (χ1) is 12.6. The number of aromatic nitrogens is 1. The van der Waals surface area contributed by atoms with E-state index in [0.717, 1.165) is 21.2 Å². The first-order valence-corrected chi connectivity index (χ1v) is 9.28. The number of pyridine rings is 2. The van der Waals surface area contributed by atoms with Crippen molar-refractivity contribution in [2.24, 2.45) is 0 Å². The fourth-order valence-electron chi connectivity index (χ4n) is 3.11. The number of hydrogen-bond acceptors (Lipinski definition) is 4. The maximum absolute atomic E-state index is 13.1. The minimum Gasteiger partial charge on any atom is -0.462 e. The van der Waals surface area contributed by atoms with Gasteiger partial charge in [0.2, 0.25) is 0 Å². The number of rotatable bonds is 3. The monoisotopic (exact) mass is 363 g/mol. The summed E-state index contributed by atoms with van der Waals surface area (Å²) in [5, 5.41) is 2.96. The van der Waals surface area contributed by atoms with E-state index in [1.54, 1.807) is 23.6 Å². The van der Waals surface area contributed by atoms with Crippen molar-refractivity contribution in [1.82, 2.24) is 4.40 Å². The van der Waals surface area contributed by atoms with Crippen molar-refractivity contribution < 1.29 is 9.53 Å². The Kier molecular flexibility index (Phi) is 4.09. The lowest BCUT2D eigenvalue weighted by Gasteiger charge is -2.12. The van der Waals surface area contributed by atoms with Gasteiger partial charge in [0.05, 0.1) is 22.4 Å². The van der Waals surface area contributed by atoms with Crippen LogP contribution in [-0.4, -0.2) is 17.0 Å². The molecule has 3 heterocycles. The van der Waals surface area contributed by atoms with Crippen LogP contribution in [0, 0.1) is 6.92 Å². The van der Waals surface area contributed by atoms with Gasteiger partial charge in [0.15, 0.2) is 0 Å². The van der Waals surface area contributed by atoms with E-state index in [4.69, 9.17) is 4.74 Å². The molecule has 0 aliphatic carbocycles. The molecule has 0 aliphatic rings. The van der Waals surface area contributed by atoms with Gasteiger partial charge in [-0.2, -0.15) is 0 Å². The lowest BCUT2D eigenvalue weighted by molar-refractivity contribution is 0.0528. The largest absolute Gasteiger partial charge is 0.462 e. The molecule has 0 saturated carbocycles. The molecule has 0 fully saturated rings. The standard InChI is InChI=1S/C21H17NO3S/c1-3-25-21(24)17-12-16(14-6-4-13(2)5-7-14)20(23)22-10-8-15-9-11-26-19(15)18(17)22/h4-12H,3H2,1-2H3. The summed E-state index contributed by atoms with van der Waals surface area (Å²) in [6.45, 7) is 4.05. The van der Waals surface area contributed by atoms with Crippen LogP contribution in [0.1, 0.15) is 22.8 Å². The van der Waals surface area contributed by atoms with Gasteiger partial charge in [0.25, 0.3) is 5.56 Å². The van der Waals surface area contributed by atoms with E-state index < -0.39 is 5.97 Å². The number of hydrogen-bond donors (Lipinski definition) is 0. The first kappa shape index (κ1) is 16.5. The maximum Gasteiger partial charge on any atom is 0.340 e.